The summed E-state index contributed by atoms with van der Waals surface area (Å²) < 4.78 is 6.41. The van der Waals surface area contributed by atoms with Crippen molar-refractivity contribution < 1.29 is 4.74 Å². The highest BCUT2D eigenvalue weighted by Crippen LogP contribution is 2.28. The van der Waals surface area contributed by atoms with Gasteiger partial charge in [-0.05, 0) is 60.8 Å². The van der Waals surface area contributed by atoms with Crippen molar-refractivity contribution in [2.24, 2.45) is 0 Å². The molecule has 0 aliphatic carbocycles. The molecule has 0 amide bonds. The quantitative estimate of drug-likeness (QED) is 0.805. The fourth-order valence-corrected chi connectivity index (χ4v) is 2.71. The molecule has 1 atom stereocenters. The number of hydrogen-bond donors (Lipinski definition) is 1. The Labute approximate surface area is 135 Å². The van der Waals surface area contributed by atoms with Gasteiger partial charge < -0.3 is 10.1 Å². The van der Waals surface area contributed by atoms with E-state index < -0.39 is 0 Å². The molecule has 1 unspecified atom stereocenters. The van der Waals surface area contributed by atoms with E-state index in [1.54, 1.807) is 7.11 Å². The molecule has 0 aliphatic rings. The first-order chi connectivity index (χ1) is 10.2. The van der Waals surface area contributed by atoms with Crippen molar-refractivity contribution in [2.45, 2.75) is 26.3 Å². The van der Waals surface area contributed by atoms with Gasteiger partial charge in [-0.1, -0.05) is 41.1 Å². The summed E-state index contributed by atoms with van der Waals surface area (Å²) in [7, 11) is 1.70. The van der Waals surface area contributed by atoms with Crippen LogP contribution in [0.3, 0.4) is 0 Å². The summed E-state index contributed by atoms with van der Waals surface area (Å²) in [5.41, 5.74) is 3.82. The molecular weight excluding hydrogens is 326 g/mol. The minimum atomic E-state index is 0.212. The molecule has 0 saturated carbocycles. The van der Waals surface area contributed by atoms with Crippen molar-refractivity contribution in [1.29, 1.82) is 0 Å². The largest absolute Gasteiger partial charge is 0.497 e. The van der Waals surface area contributed by atoms with Crippen molar-refractivity contribution in [2.75, 3.05) is 13.7 Å². The van der Waals surface area contributed by atoms with Gasteiger partial charge in [-0.15, -0.1) is 0 Å². The number of aryl methyl sites for hydroxylation is 1. The van der Waals surface area contributed by atoms with Gasteiger partial charge in [0.25, 0.3) is 0 Å². The van der Waals surface area contributed by atoms with E-state index in [1.165, 1.54) is 16.7 Å². The SMILES string of the molecule is CCCNC(c1ccc(Br)cc1)c1ccc(OC)cc1C. The molecule has 0 aliphatic heterocycles. The minimum absolute atomic E-state index is 0.212. The topological polar surface area (TPSA) is 21.3 Å². The monoisotopic (exact) mass is 347 g/mol. The zero-order valence-corrected chi connectivity index (χ0v) is 14.4. The van der Waals surface area contributed by atoms with Gasteiger partial charge in [0.05, 0.1) is 13.2 Å². The van der Waals surface area contributed by atoms with E-state index in [-0.39, 0.29) is 6.04 Å². The molecule has 3 heteroatoms. The van der Waals surface area contributed by atoms with Gasteiger partial charge in [0.1, 0.15) is 5.75 Å². The van der Waals surface area contributed by atoms with Crippen molar-refractivity contribution >= 4 is 15.9 Å². The molecule has 0 bridgehead atoms. The molecule has 0 radical (unpaired) electrons. The fraction of sp³-hybridized carbons (Fsp3) is 0.333. The number of nitrogens with one attached hydrogen (secondary N) is 1. The first kappa shape index (κ1) is 16.1. The maximum Gasteiger partial charge on any atom is 0.119 e. The van der Waals surface area contributed by atoms with E-state index in [2.05, 4.69) is 71.5 Å². The molecule has 0 heterocycles. The first-order valence-electron chi connectivity index (χ1n) is 7.29. The van der Waals surface area contributed by atoms with Crippen LogP contribution in [0.5, 0.6) is 5.75 Å². The third-order valence-electron chi connectivity index (χ3n) is 3.59. The van der Waals surface area contributed by atoms with Crippen molar-refractivity contribution in [3.63, 3.8) is 0 Å². The number of halogens is 1. The third-order valence-corrected chi connectivity index (χ3v) is 4.12. The van der Waals surface area contributed by atoms with Gasteiger partial charge in [0.2, 0.25) is 0 Å². The molecule has 21 heavy (non-hydrogen) atoms. The van der Waals surface area contributed by atoms with Gasteiger partial charge in [-0.3, -0.25) is 0 Å². The van der Waals surface area contributed by atoms with Gasteiger partial charge in [0, 0.05) is 4.47 Å². The predicted octanol–water partition coefficient (Wildman–Crippen LogP) is 4.86. The average Bonchev–Trinajstić information content (AvgIpc) is 2.50. The van der Waals surface area contributed by atoms with E-state index in [0.717, 1.165) is 23.2 Å². The van der Waals surface area contributed by atoms with Crippen LogP contribution in [0.4, 0.5) is 0 Å². The average molecular weight is 348 g/mol. The Morgan fingerprint density at radius 3 is 2.43 bits per heavy atom. The Kier molecular flexibility index (Phi) is 5.83. The first-order valence-corrected chi connectivity index (χ1v) is 8.08. The molecule has 2 aromatic carbocycles. The van der Waals surface area contributed by atoms with Crippen LogP contribution in [0.15, 0.2) is 46.9 Å². The van der Waals surface area contributed by atoms with Crippen molar-refractivity contribution in [1.82, 2.24) is 5.32 Å². The van der Waals surface area contributed by atoms with Crippen LogP contribution in [0.1, 0.15) is 36.1 Å². The highest BCUT2D eigenvalue weighted by molar-refractivity contribution is 9.10. The summed E-state index contributed by atoms with van der Waals surface area (Å²) in [5, 5.41) is 3.64. The van der Waals surface area contributed by atoms with E-state index in [4.69, 9.17) is 4.74 Å². The van der Waals surface area contributed by atoms with E-state index in [9.17, 15) is 0 Å². The molecule has 0 aromatic heterocycles. The van der Waals surface area contributed by atoms with E-state index in [0.29, 0.717) is 0 Å². The third kappa shape index (κ3) is 4.08. The number of rotatable bonds is 6. The van der Waals surface area contributed by atoms with Crippen LogP contribution >= 0.6 is 15.9 Å². The smallest absolute Gasteiger partial charge is 0.119 e. The van der Waals surface area contributed by atoms with E-state index in [1.807, 2.05) is 6.07 Å². The van der Waals surface area contributed by atoms with Gasteiger partial charge in [0.15, 0.2) is 0 Å². The van der Waals surface area contributed by atoms with Crippen LogP contribution < -0.4 is 10.1 Å². The highest BCUT2D eigenvalue weighted by Gasteiger charge is 2.15. The van der Waals surface area contributed by atoms with Gasteiger partial charge in [-0.2, -0.15) is 0 Å². The molecule has 2 nitrogen and oxygen atoms in total. The summed E-state index contributed by atoms with van der Waals surface area (Å²) >= 11 is 3.50. The zero-order chi connectivity index (χ0) is 15.2. The van der Waals surface area contributed by atoms with Crippen LogP contribution in [-0.4, -0.2) is 13.7 Å². The molecule has 0 spiro atoms. The Morgan fingerprint density at radius 2 is 1.86 bits per heavy atom. The Balaban J connectivity index is 2.37. The number of methoxy groups -OCH3 is 1. The zero-order valence-electron chi connectivity index (χ0n) is 12.8. The fourth-order valence-electron chi connectivity index (χ4n) is 2.45. The molecule has 2 aromatic rings. The van der Waals surface area contributed by atoms with Crippen molar-refractivity contribution in [3.05, 3.63) is 63.6 Å². The molecule has 0 saturated heterocycles. The predicted molar refractivity (Wildman–Crippen MR) is 92.0 cm³/mol. The summed E-state index contributed by atoms with van der Waals surface area (Å²) in [6.45, 7) is 5.32. The molecule has 112 valence electrons. The second-order valence-electron chi connectivity index (χ2n) is 5.16. The molecule has 0 fully saturated rings. The van der Waals surface area contributed by atoms with Crippen LogP contribution in [0, 0.1) is 6.92 Å². The highest BCUT2D eigenvalue weighted by atomic mass is 79.9. The van der Waals surface area contributed by atoms with E-state index >= 15 is 0 Å². The van der Waals surface area contributed by atoms with Crippen LogP contribution in [0.25, 0.3) is 0 Å². The second-order valence-corrected chi connectivity index (χ2v) is 6.08. The minimum Gasteiger partial charge on any atom is -0.497 e. The molecular formula is C18H22BrNO. The number of benzene rings is 2. The summed E-state index contributed by atoms with van der Waals surface area (Å²) in [5.74, 6) is 0.904. The molecule has 1 N–H and O–H groups in total. The number of ether oxygens (including phenoxy) is 1. The lowest BCUT2D eigenvalue weighted by molar-refractivity contribution is 0.414. The number of hydrogen-bond acceptors (Lipinski definition) is 2. The summed E-state index contributed by atoms with van der Waals surface area (Å²) in [6, 6.07) is 15.0. The lowest BCUT2D eigenvalue weighted by Crippen LogP contribution is -2.23. The Bertz CT molecular complexity index is 580. The Hall–Kier alpha value is -1.32. The van der Waals surface area contributed by atoms with Crippen LogP contribution in [-0.2, 0) is 0 Å². The summed E-state index contributed by atoms with van der Waals surface area (Å²) in [4.78, 5) is 0. The normalized spacial score (nSPS) is 12.2. The molecule has 2 rings (SSSR count). The lowest BCUT2D eigenvalue weighted by Gasteiger charge is -2.22. The standard InChI is InChI=1S/C18H22BrNO/c1-4-11-20-18(14-5-7-15(19)8-6-14)17-10-9-16(21-3)12-13(17)2/h5-10,12,18,20H,4,11H2,1-3H3. The van der Waals surface area contributed by atoms with Crippen LogP contribution in [0.2, 0.25) is 0 Å². The van der Waals surface area contributed by atoms with Crippen molar-refractivity contribution in [3.8, 4) is 5.75 Å². The summed E-state index contributed by atoms with van der Waals surface area (Å²) in [6.07, 6.45) is 1.11. The maximum atomic E-state index is 5.31. The van der Waals surface area contributed by atoms with Gasteiger partial charge >= 0.3 is 0 Å². The maximum absolute atomic E-state index is 5.31. The lowest BCUT2D eigenvalue weighted by atomic mass is 9.94. The second kappa shape index (κ2) is 7.62. The van der Waals surface area contributed by atoms with Gasteiger partial charge in [-0.25, -0.2) is 0 Å². The Morgan fingerprint density at radius 1 is 1.14 bits per heavy atom.